The summed E-state index contributed by atoms with van der Waals surface area (Å²) in [6, 6.07) is 9.58. The Hall–Kier alpha value is -2.54. The first-order chi connectivity index (χ1) is 10.1. The van der Waals surface area contributed by atoms with E-state index < -0.39 is 0 Å². The van der Waals surface area contributed by atoms with Crippen molar-refractivity contribution in [3.63, 3.8) is 0 Å². The van der Waals surface area contributed by atoms with Crippen molar-refractivity contribution >= 4 is 11.5 Å². The molecule has 21 heavy (non-hydrogen) atoms. The van der Waals surface area contributed by atoms with E-state index in [2.05, 4.69) is 22.9 Å². The van der Waals surface area contributed by atoms with Crippen molar-refractivity contribution in [3.8, 4) is 6.07 Å². The van der Waals surface area contributed by atoms with Crippen LogP contribution in [0.2, 0.25) is 0 Å². The third-order valence-corrected chi connectivity index (χ3v) is 3.98. The van der Waals surface area contributed by atoms with Gasteiger partial charge in [0.1, 0.15) is 5.82 Å². The minimum absolute atomic E-state index is 0.107. The molecule has 0 fully saturated rings. The quantitative estimate of drug-likeness (QED) is 0.919. The van der Waals surface area contributed by atoms with Crippen molar-refractivity contribution in [1.82, 2.24) is 4.98 Å². The summed E-state index contributed by atoms with van der Waals surface area (Å²) in [6.07, 6.45) is 1.61. The van der Waals surface area contributed by atoms with Crippen LogP contribution in [0.4, 0.5) is 11.5 Å². The van der Waals surface area contributed by atoms with E-state index >= 15 is 0 Å². The molecule has 2 heterocycles. The van der Waals surface area contributed by atoms with Gasteiger partial charge >= 0.3 is 0 Å². The zero-order valence-electron chi connectivity index (χ0n) is 12.2. The van der Waals surface area contributed by atoms with Crippen LogP contribution < -0.4 is 10.3 Å². The Morgan fingerprint density at radius 2 is 2.19 bits per heavy atom. The number of aromatic nitrogens is 1. The average Bonchev–Trinajstić information content (AvgIpc) is 2.90. The van der Waals surface area contributed by atoms with Gasteiger partial charge in [-0.25, -0.2) is 0 Å². The van der Waals surface area contributed by atoms with Crippen LogP contribution in [-0.2, 0) is 12.8 Å². The van der Waals surface area contributed by atoms with E-state index in [0.29, 0.717) is 5.56 Å². The van der Waals surface area contributed by atoms with Crippen LogP contribution in [0.25, 0.3) is 0 Å². The standard InChI is InChI=1S/C17H17N3O/c1-3-13-9-12(10-18)4-5-15(13)20-7-6-14-16(21)8-11(2)19-17(14)20/h4-5,8-9H,3,6-7H2,1-2H3,(H,19,21). The number of rotatable bonds is 2. The Kier molecular flexibility index (Phi) is 3.26. The summed E-state index contributed by atoms with van der Waals surface area (Å²) in [5.41, 5.74) is 4.72. The lowest BCUT2D eigenvalue weighted by molar-refractivity contribution is 0.969. The van der Waals surface area contributed by atoms with Gasteiger partial charge in [0.15, 0.2) is 5.43 Å². The summed E-state index contributed by atoms with van der Waals surface area (Å²) < 4.78 is 0. The maximum absolute atomic E-state index is 12.1. The van der Waals surface area contributed by atoms with Gasteiger partial charge in [0.05, 0.1) is 11.6 Å². The minimum Gasteiger partial charge on any atom is -0.345 e. The van der Waals surface area contributed by atoms with E-state index in [4.69, 9.17) is 5.26 Å². The normalized spacial score (nSPS) is 13.1. The molecule has 1 aliphatic heterocycles. The fourth-order valence-electron chi connectivity index (χ4n) is 2.95. The van der Waals surface area contributed by atoms with E-state index in [1.54, 1.807) is 6.07 Å². The molecule has 0 unspecified atom stereocenters. The van der Waals surface area contributed by atoms with Gasteiger partial charge in [-0.2, -0.15) is 5.26 Å². The molecule has 0 atom stereocenters. The molecule has 1 N–H and O–H groups in total. The molecule has 1 aromatic carbocycles. The zero-order valence-corrected chi connectivity index (χ0v) is 12.2. The SMILES string of the molecule is CCc1cc(C#N)ccc1N1CCc2c1[nH]c(C)cc2=O. The number of nitrogens with one attached hydrogen (secondary N) is 1. The summed E-state index contributed by atoms with van der Waals surface area (Å²) in [4.78, 5) is 17.5. The number of benzene rings is 1. The largest absolute Gasteiger partial charge is 0.345 e. The van der Waals surface area contributed by atoms with Crippen molar-refractivity contribution < 1.29 is 0 Å². The molecule has 0 saturated carbocycles. The number of anilines is 2. The Bertz CT molecular complexity index is 799. The van der Waals surface area contributed by atoms with Gasteiger partial charge in [-0.1, -0.05) is 6.92 Å². The number of nitrogens with zero attached hydrogens (tertiary/aromatic N) is 2. The highest BCUT2D eigenvalue weighted by Gasteiger charge is 2.25. The number of pyridine rings is 1. The lowest BCUT2D eigenvalue weighted by Gasteiger charge is -2.22. The third-order valence-electron chi connectivity index (χ3n) is 3.98. The van der Waals surface area contributed by atoms with Crippen LogP contribution >= 0.6 is 0 Å². The van der Waals surface area contributed by atoms with Crippen molar-refractivity contribution in [3.05, 3.63) is 56.9 Å². The molecule has 0 saturated heterocycles. The minimum atomic E-state index is 0.107. The van der Waals surface area contributed by atoms with E-state index in [0.717, 1.165) is 47.7 Å². The molecular weight excluding hydrogens is 262 g/mol. The summed E-state index contributed by atoms with van der Waals surface area (Å²) in [7, 11) is 0. The number of aryl methyl sites for hydroxylation is 2. The van der Waals surface area contributed by atoms with Gasteiger partial charge in [-0.3, -0.25) is 4.79 Å². The predicted molar refractivity (Wildman–Crippen MR) is 83.0 cm³/mol. The zero-order chi connectivity index (χ0) is 15.0. The Morgan fingerprint density at radius 3 is 2.90 bits per heavy atom. The topological polar surface area (TPSA) is 59.9 Å². The van der Waals surface area contributed by atoms with Crippen LogP contribution in [0.1, 0.15) is 29.3 Å². The second-order valence-electron chi connectivity index (χ2n) is 5.35. The highest BCUT2D eigenvalue weighted by Crippen LogP contribution is 2.34. The highest BCUT2D eigenvalue weighted by molar-refractivity contribution is 5.70. The molecular formula is C17H17N3O. The van der Waals surface area contributed by atoms with E-state index in [9.17, 15) is 4.79 Å². The molecule has 0 bridgehead atoms. The summed E-state index contributed by atoms with van der Waals surface area (Å²) in [5.74, 6) is 0.902. The number of fused-ring (bicyclic) bond motifs is 1. The summed E-state index contributed by atoms with van der Waals surface area (Å²) in [6.45, 7) is 4.77. The third kappa shape index (κ3) is 2.21. The van der Waals surface area contributed by atoms with Gasteiger partial charge in [-0.15, -0.1) is 0 Å². The first kappa shape index (κ1) is 13.4. The van der Waals surface area contributed by atoms with Crippen LogP contribution in [0.3, 0.4) is 0 Å². The Balaban J connectivity index is 2.14. The summed E-state index contributed by atoms with van der Waals surface area (Å²) >= 11 is 0. The van der Waals surface area contributed by atoms with Gasteiger partial charge < -0.3 is 9.88 Å². The Morgan fingerprint density at radius 1 is 1.38 bits per heavy atom. The molecule has 0 spiro atoms. The molecule has 0 aliphatic carbocycles. The van der Waals surface area contributed by atoms with Crippen molar-refractivity contribution in [1.29, 1.82) is 5.26 Å². The van der Waals surface area contributed by atoms with Crippen LogP contribution in [-0.4, -0.2) is 11.5 Å². The lowest BCUT2D eigenvalue weighted by Crippen LogP contribution is -2.17. The van der Waals surface area contributed by atoms with Crippen molar-refractivity contribution in [2.75, 3.05) is 11.4 Å². The number of aromatic amines is 1. The Labute approximate surface area is 123 Å². The van der Waals surface area contributed by atoms with Gasteiger partial charge in [0.25, 0.3) is 0 Å². The van der Waals surface area contributed by atoms with Crippen LogP contribution in [0.5, 0.6) is 0 Å². The first-order valence-corrected chi connectivity index (χ1v) is 7.17. The van der Waals surface area contributed by atoms with Crippen molar-refractivity contribution in [2.24, 2.45) is 0 Å². The molecule has 4 heteroatoms. The predicted octanol–water partition coefficient (Wildman–Crippen LogP) is 2.81. The second kappa shape index (κ2) is 5.10. The van der Waals surface area contributed by atoms with E-state index in [1.165, 1.54) is 0 Å². The first-order valence-electron chi connectivity index (χ1n) is 7.17. The highest BCUT2D eigenvalue weighted by atomic mass is 16.1. The maximum atomic E-state index is 12.1. The second-order valence-corrected chi connectivity index (χ2v) is 5.35. The van der Waals surface area contributed by atoms with E-state index in [1.807, 2.05) is 25.1 Å². The average molecular weight is 279 g/mol. The molecule has 0 radical (unpaired) electrons. The number of hydrogen-bond donors (Lipinski definition) is 1. The fraction of sp³-hybridized carbons (Fsp3) is 0.294. The molecule has 2 aromatic rings. The fourth-order valence-corrected chi connectivity index (χ4v) is 2.95. The molecule has 106 valence electrons. The molecule has 4 nitrogen and oxygen atoms in total. The smallest absolute Gasteiger partial charge is 0.187 e. The molecule has 3 rings (SSSR count). The number of H-pyrrole nitrogens is 1. The molecule has 1 aromatic heterocycles. The molecule has 0 amide bonds. The van der Waals surface area contributed by atoms with Gasteiger partial charge in [0, 0.05) is 29.6 Å². The van der Waals surface area contributed by atoms with Gasteiger partial charge in [0.2, 0.25) is 0 Å². The maximum Gasteiger partial charge on any atom is 0.187 e. The molecule has 1 aliphatic rings. The van der Waals surface area contributed by atoms with Gasteiger partial charge in [-0.05, 0) is 43.5 Å². The monoisotopic (exact) mass is 279 g/mol. The lowest BCUT2D eigenvalue weighted by atomic mass is 10.1. The summed E-state index contributed by atoms with van der Waals surface area (Å²) in [5, 5.41) is 9.03. The van der Waals surface area contributed by atoms with E-state index in [-0.39, 0.29) is 5.43 Å². The number of nitriles is 1. The van der Waals surface area contributed by atoms with Crippen LogP contribution in [0, 0.1) is 18.3 Å². The van der Waals surface area contributed by atoms with Crippen LogP contribution in [0.15, 0.2) is 29.1 Å². The van der Waals surface area contributed by atoms with Crippen molar-refractivity contribution in [2.45, 2.75) is 26.7 Å². The number of hydrogen-bond acceptors (Lipinski definition) is 3.